The van der Waals surface area contributed by atoms with Gasteiger partial charge in [0.25, 0.3) is 0 Å². The van der Waals surface area contributed by atoms with Crippen molar-refractivity contribution in [3.63, 3.8) is 0 Å². The number of anilines is 2. The number of hydrogen-bond donors (Lipinski definition) is 2. The third-order valence-electron chi connectivity index (χ3n) is 6.07. The lowest BCUT2D eigenvalue weighted by Crippen LogP contribution is -2.32. The molecule has 3 aromatic carbocycles. The van der Waals surface area contributed by atoms with Crippen LogP contribution in [0.1, 0.15) is 18.4 Å². The lowest BCUT2D eigenvalue weighted by atomic mass is 10.0. The number of benzene rings is 3. The van der Waals surface area contributed by atoms with Crippen molar-refractivity contribution in [1.82, 2.24) is 14.9 Å². The van der Waals surface area contributed by atoms with Crippen LogP contribution in [0.5, 0.6) is 0 Å². The van der Waals surface area contributed by atoms with Crippen LogP contribution in [-0.4, -0.2) is 37.9 Å². The van der Waals surface area contributed by atoms with E-state index in [0.29, 0.717) is 29.2 Å². The van der Waals surface area contributed by atoms with E-state index in [-0.39, 0.29) is 17.5 Å². The normalized spacial score (nSPS) is 16.0. The van der Waals surface area contributed by atoms with Crippen LogP contribution in [0, 0.1) is 6.92 Å². The van der Waals surface area contributed by atoms with Gasteiger partial charge in [0.2, 0.25) is 10.0 Å². The first-order chi connectivity index (χ1) is 16.9. The van der Waals surface area contributed by atoms with Gasteiger partial charge in [-0.15, -0.1) is 10.2 Å². The maximum absolute atomic E-state index is 13.1. The van der Waals surface area contributed by atoms with Gasteiger partial charge in [0.15, 0.2) is 5.82 Å². The fourth-order valence-corrected chi connectivity index (χ4v) is 5.80. The SMILES string of the molecule is Cc1ccc(-c2nnc(Nc3ccc(Br)cc3)c3ccccc23)cc1S(=O)(=O)NCC1CCCO1. The third kappa shape index (κ3) is 5.23. The minimum absolute atomic E-state index is 0.0751. The monoisotopic (exact) mass is 552 g/mol. The topological polar surface area (TPSA) is 93.2 Å². The van der Waals surface area contributed by atoms with Gasteiger partial charge in [0.05, 0.1) is 11.0 Å². The van der Waals surface area contributed by atoms with Crippen molar-refractivity contribution >= 4 is 48.2 Å². The Morgan fingerprint density at radius 1 is 1.03 bits per heavy atom. The van der Waals surface area contributed by atoms with Crippen LogP contribution in [0.3, 0.4) is 0 Å². The first-order valence-electron chi connectivity index (χ1n) is 11.4. The highest BCUT2D eigenvalue weighted by atomic mass is 79.9. The number of rotatable bonds is 7. The van der Waals surface area contributed by atoms with Gasteiger partial charge in [-0.05, 0) is 55.7 Å². The molecule has 1 saturated heterocycles. The Hall–Kier alpha value is -2.85. The van der Waals surface area contributed by atoms with Gasteiger partial charge in [-0.1, -0.05) is 52.3 Å². The number of ether oxygens (including phenoxy) is 1. The lowest BCUT2D eigenvalue weighted by Gasteiger charge is -2.15. The Bertz CT molecular complexity index is 1470. The summed E-state index contributed by atoms with van der Waals surface area (Å²) in [6, 6.07) is 21.0. The van der Waals surface area contributed by atoms with E-state index >= 15 is 0 Å². The van der Waals surface area contributed by atoms with Crippen molar-refractivity contribution in [1.29, 1.82) is 0 Å². The largest absolute Gasteiger partial charge is 0.377 e. The van der Waals surface area contributed by atoms with Crippen LogP contribution in [0.4, 0.5) is 11.5 Å². The van der Waals surface area contributed by atoms with Gasteiger partial charge < -0.3 is 10.1 Å². The maximum Gasteiger partial charge on any atom is 0.240 e. The summed E-state index contributed by atoms with van der Waals surface area (Å²) in [5.74, 6) is 0.629. The highest BCUT2D eigenvalue weighted by Crippen LogP contribution is 2.33. The van der Waals surface area contributed by atoms with E-state index in [9.17, 15) is 8.42 Å². The van der Waals surface area contributed by atoms with Crippen LogP contribution in [0.25, 0.3) is 22.0 Å². The van der Waals surface area contributed by atoms with Crippen LogP contribution in [0.2, 0.25) is 0 Å². The zero-order valence-corrected chi connectivity index (χ0v) is 21.6. The minimum atomic E-state index is -3.71. The molecule has 2 heterocycles. The number of sulfonamides is 1. The van der Waals surface area contributed by atoms with E-state index in [4.69, 9.17) is 4.74 Å². The number of nitrogens with one attached hydrogen (secondary N) is 2. The molecular weight excluding hydrogens is 528 g/mol. The van der Waals surface area contributed by atoms with Crippen LogP contribution >= 0.6 is 15.9 Å². The summed E-state index contributed by atoms with van der Waals surface area (Å²) in [5.41, 5.74) is 2.87. The van der Waals surface area contributed by atoms with Gasteiger partial charge in [-0.2, -0.15) is 0 Å². The average molecular weight is 553 g/mol. The molecule has 1 fully saturated rings. The second-order valence-electron chi connectivity index (χ2n) is 8.54. The van der Waals surface area contributed by atoms with Crippen molar-refractivity contribution < 1.29 is 13.2 Å². The minimum Gasteiger partial charge on any atom is -0.377 e. The van der Waals surface area contributed by atoms with Gasteiger partial charge >= 0.3 is 0 Å². The van der Waals surface area contributed by atoms with E-state index in [0.717, 1.165) is 33.8 Å². The lowest BCUT2D eigenvalue weighted by molar-refractivity contribution is 0.114. The van der Waals surface area contributed by atoms with Crippen molar-refractivity contribution in [3.8, 4) is 11.3 Å². The molecule has 0 bridgehead atoms. The molecule has 0 saturated carbocycles. The molecule has 0 amide bonds. The van der Waals surface area contributed by atoms with E-state index in [1.54, 1.807) is 19.1 Å². The van der Waals surface area contributed by atoms with E-state index in [1.807, 2.05) is 54.6 Å². The fourth-order valence-electron chi connectivity index (χ4n) is 4.20. The van der Waals surface area contributed by atoms with Gasteiger partial charge in [0, 0.05) is 39.6 Å². The second kappa shape index (κ2) is 10.0. The van der Waals surface area contributed by atoms with E-state index < -0.39 is 10.0 Å². The van der Waals surface area contributed by atoms with Gasteiger partial charge in [-0.3, -0.25) is 0 Å². The summed E-state index contributed by atoms with van der Waals surface area (Å²) < 4.78 is 35.5. The Labute approximate surface area is 213 Å². The zero-order chi connectivity index (χ0) is 24.4. The molecule has 1 aliphatic heterocycles. The second-order valence-corrected chi connectivity index (χ2v) is 11.2. The molecule has 1 atom stereocenters. The number of aryl methyl sites for hydroxylation is 1. The number of fused-ring (bicyclic) bond motifs is 1. The first-order valence-corrected chi connectivity index (χ1v) is 13.7. The number of aromatic nitrogens is 2. The summed E-state index contributed by atoms with van der Waals surface area (Å²) in [6.45, 7) is 2.74. The standard InChI is InChI=1S/C26H25BrN4O3S/c1-17-8-9-18(15-24(17)35(32,33)28-16-21-5-4-14-34-21)25-22-6-2-3-7-23(22)26(31-30-25)29-20-12-10-19(27)11-13-20/h2-3,6-13,15,21,28H,4-5,14,16H2,1H3,(H,29,31). The molecule has 0 aliphatic carbocycles. The van der Waals surface area contributed by atoms with Crippen LogP contribution in [-0.2, 0) is 14.8 Å². The molecule has 0 radical (unpaired) electrons. The summed E-state index contributed by atoms with van der Waals surface area (Å²) in [6.07, 6.45) is 1.75. The molecule has 1 aromatic heterocycles. The quantitative estimate of drug-likeness (QED) is 0.311. The summed E-state index contributed by atoms with van der Waals surface area (Å²) >= 11 is 3.45. The molecule has 2 N–H and O–H groups in total. The molecule has 7 nitrogen and oxygen atoms in total. The molecule has 0 spiro atoms. The highest BCUT2D eigenvalue weighted by Gasteiger charge is 2.23. The van der Waals surface area contributed by atoms with Crippen LogP contribution < -0.4 is 10.0 Å². The van der Waals surface area contributed by atoms with Crippen molar-refractivity contribution in [2.24, 2.45) is 0 Å². The molecule has 1 aliphatic rings. The van der Waals surface area contributed by atoms with Crippen molar-refractivity contribution in [2.45, 2.75) is 30.8 Å². The third-order valence-corrected chi connectivity index (χ3v) is 8.16. The fraction of sp³-hybridized carbons (Fsp3) is 0.231. The zero-order valence-electron chi connectivity index (χ0n) is 19.2. The molecular formula is C26H25BrN4O3S. The Kier molecular flexibility index (Phi) is 6.84. The van der Waals surface area contributed by atoms with E-state index in [1.165, 1.54) is 0 Å². The molecule has 4 aromatic rings. The highest BCUT2D eigenvalue weighted by molar-refractivity contribution is 9.10. The maximum atomic E-state index is 13.1. The van der Waals surface area contributed by atoms with Crippen molar-refractivity contribution in [2.75, 3.05) is 18.5 Å². The van der Waals surface area contributed by atoms with Crippen molar-refractivity contribution in [3.05, 3.63) is 76.8 Å². The van der Waals surface area contributed by atoms with E-state index in [2.05, 4.69) is 36.2 Å². The number of nitrogens with zero attached hydrogens (tertiary/aromatic N) is 2. The van der Waals surface area contributed by atoms with Crippen LogP contribution in [0.15, 0.2) is 76.1 Å². The number of hydrogen-bond acceptors (Lipinski definition) is 6. The predicted molar refractivity (Wildman–Crippen MR) is 141 cm³/mol. The summed E-state index contributed by atoms with van der Waals surface area (Å²) in [7, 11) is -3.71. The molecule has 5 rings (SSSR count). The molecule has 35 heavy (non-hydrogen) atoms. The molecule has 1 unspecified atom stereocenters. The molecule has 9 heteroatoms. The summed E-state index contributed by atoms with van der Waals surface area (Å²) in [4.78, 5) is 0.232. The predicted octanol–water partition coefficient (Wildman–Crippen LogP) is 5.57. The Morgan fingerprint density at radius 3 is 2.54 bits per heavy atom. The average Bonchev–Trinajstić information content (AvgIpc) is 3.39. The Morgan fingerprint density at radius 2 is 1.80 bits per heavy atom. The number of halogens is 1. The smallest absolute Gasteiger partial charge is 0.240 e. The molecule has 180 valence electrons. The van der Waals surface area contributed by atoms with Gasteiger partial charge in [0.1, 0.15) is 5.69 Å². The van der Waals surface area contributed by atoms with Gasteiger partial charge in [-0.25, -0.2) is 13.1 Å². The first kappa shape index (κ1) is 23.9. The summed E-state index contributed by atoms with van der Waals surface area (Å²) in [5, 5.41) is 14.0. The Balaban J connectivity index is 1.50.